The fourth-order valence-electron chi connectivity index (χ4n) is 8.51. The van der Waals surface area contributed by atoms with Crippen molar-refractivity contribution in [2.24, 2.45) is 22.7 Å². The summed E-state index contributed by atoms with van der Waals surface area (Å²) < 4.78 is 24.0. The highest BCUT2D eigenvalue weighted by Crippen LogP contribution is 2.65. The van der Waals surface area contributed by atoms with E-state index in [0.717, 1.165) is 13.8 Å². The molecule has 3 aliphatic rings. The van der Waals surface area contributed by atoms with Crippen LogP contribution in [0.1, 0.15) is 81.5 Å². The molecular weight excluding hydrogens is 632 g/mol. The van der Waals surface area contributed by atoms with Gasteiger partial charge in [-0.2, -0.15) is 0 Å². The predicted octanol–water partition coefficient (Wildman–Crippen LogP) is 4.59. The third-order valence-corrected chi connectivity index (χ3v) is 10.5. The molecule has 0 aliphatic heterocycles. The van der Waals surface area contributed by atoms with E-state index in [1.165, 1.54) is 12.1 Å². The van der Waals surface area contributed by atoms with Crippen LogP contribution in [0.2, 0.25) is 0 Å². The Kier molecular flexibility index (Phi) is 9.71. The summed E-state index contributed by atoms with van der Waals surface area (Å²) in [4.78, 5) is 81.4. The van der Waals surface area contributed by atoms with Crippen LogP contribution in [0.3, 0.4) is 0 Å². The van der Waals surface area contributed by atoms with Gasteiger partial charge < -0.3 is 24.1 Å². The summed E-state index contributed by atoms with van der Waals surface area (Å²) >= 11 is 0. The van der Waals surface area contributed by atoms with E-state index in [1.54, 1.807) is 82.3 Å². The number of rotatable bonds is 6. The van der Waals surface area contributed by atoms with Crippen molar-refractivity contribution >= 4 is 35.4 Å². The normalized spacial score (nSPS) is 32.2. The molecule has 0 aromatic heterocycles. The zero-order valence-electron chi connectivity index (χ0n) is 28.5. The van der Waals surface area contributed by atoms with Gasteiger partial charge in [-0.1, -0.05) is 68.8 Å². The van der Waals surface area contributed by atoms with Crippen LogP contribution in [0.5, 0.6) is 0 Å². The van der Waals surface area contributed by atoms with Crippen LogP contribution in [0.15, 0.2) is 72.3 Å². The fourth-order valence-corrected chi connectivity index (χ4v) is 8.51. The van der Waals surface area contributed by atoms with E-state index in [-0.39, 0.29) is 30.4 Å². The van der Waals surface area contributed by atoms with Crippen LogP contribution >= 0.6 is 0 Å². The number of ketones is 2. The molecule has 2 aromatic rings. The Balaban J connectivity index is 1.77. The average molecular weight is 675 g/mol. The molecule has 0 spiro atoms. The molecule has 2 saturated carbocycles. The Bertz CT molecular complexity index is 1680. The molecule has 0 heterocycles. The minimum atomic E-state index is -2.53. The molecule has 5 rings (SSSR count). The van der Waals surface area contributed by atoms with Gasteiger partial charge in [0, 0.05) is 37.5 Å². The van der Waals surface area contributed by atoms with Crippen molar-refractivity contribution in [3.8, 4) is 0 Å². The number of hydrogen-bond donors (Lipinski definition) is 1. The largest absolute Gasteiger partial charge is 0.459 e. The maximum absolute atomic E-state index is 14.5. The summed E-state index contributed by atoms with van der Waals surface area (Å²) in [6.07, 6.45) is -4.79. The SMILES string of the molecule is CC(=O)O[C@H]1[C@@H](OC(=O)c2ccccc2)C(C)(C)[C@@H]2C[C@@H](OC(C)=O)[C@@]3(O)C(=O)CC=C(C)CC(=O)[C@@H]3[C@@]2(C)[C@H]1OC(=O)c1ccccc1. The molecule has 3 aliphatic carbocycles. The van der Waals surface area contributed by atoms with Gasteiger partial charge in [0.05, 0.1) is 17.0 Å². The molecule has 260 valence electrons. The highest BCUT2D eigenvalue weighted by molar-refractivity contribution is 5.99. The zero-order valence-corrected chi connectivity index (χ0v) is 28.5. The summed E-state index contributed by atoms with van der Waals surface area (Å²) in [6.45, 7) is 9.11. The van der Waals surface area contributed by atoms with Crippen LogP contribution in [0.4, 0.5) is 0 Å². The van der Waals surface area contributed by atoms with Gasteiger partial charge in [-0.3, -0.25) is 19.2 Å². The van der Waals surface area contributed by atoms with E-state index in [4.69, 9.17) is 18.9 Å². The fraction of sp³-hybridized carbons (Fsp3) is 0.474. The van der Waals surface area contributed by atoms with Crippen molar-refractivity contribution in [2.45, 2.75) is 90.8 Å². The van der Waals surface area contributed by atoms with Gasteiger partial charge in [0.15, 0.2) is 17.5 Å². The Morgan fingerprint density at radius 1 is 0.755 bits per heavy atom. The van der Waals surface area contributed by atoms with Crippen molar-refractivity contribution < 1.29 is 52.8 Å². The highest BCUT2D eigenvalue weighted by atomic mass is 16.6. The van der Waals surface area contributed by atoms with Crippen LogP contribution in [0.25, 0.3) is 0 Å². The number of carbonyl (C=O) groups excluding carboxylic acids is 6. The lowest BCUT2D eigenvalue weighted by atomic mass is 9.41. The minimum absolute atomic E-state index is 0.148. The summed E-state index contributed by atoms with van der Waals surface area (Å²) in [7, 11) is 0. The van der Waals surface area contributed by atoms with Gasteiger partial charge in [0.1, 0.15) is 24.1 Å². The first kappa shape index (κ1) is 35.7. The Morgan fingerprint density at radius 3 is 1.78 bits per heavy atom. The number of carbonyl (C=O) groups is 6. The lowest BCUT2D eigenvalue weighted by Gasteiger charge is -2.66. The van der Waals surface area contributed by atoms with Crippen LogP contribution in [-0.4, -0.2) is 70.6 Å². The van der Waals surface area contributed by atoms with Gasteiger partial charge in [-0.25, -0.2) is 9.59 Å². The molecule has 0 unspecified atom stereocenters. The average Bonchev–Trinajstić information content (AvgIpc) is 3.04. The third kappa shape index (κ3) is 6.32. The van der Waals surface area contributed by atoms with Gasteiger partial charge in [-0.05, 0) is 43.5 Å². The van der Waals surface area contributed by atoms with Gasteiger partial charge in [0.25, 0.3) is 0 Å². The standard InChI is InChI=1S/C38H42O11/c1-21-17-18-28(42)38(45)29(46-22(2)39)20-27-36(4,5)32(48-34(43)24-13-9-7-10-14-24)30(47-23(3)40)33(37(27,6)31(38)26(41)19-21)49-35(44)25-15-11-8-12-16-25/h7-17,27,29-33,45H,18-20H2,1-6H3/t27-,29+,30-,31+,32+,33-,37-,38-/m0/s1. The molecule has 8 atom stereocenters. The predicted molar refractivity (Wildman–Crippen MR) is 174 cm³/mol. The van der Waals surface area contributed by atoms with E-state index in [0.29, 0.717) is 5.57 Å². The summed E-state index contributed by atoms with van der Waals surface area (Å²) in [5, 5.41) is 12.6. The number of benzene rings is 2. The highest BCUT2D eigenvalue weighted by Gasteiger charge is 2.76. The van der Waals surface area contributed by atoms with Crippen LogP contribution in [0, 0.1) is 22.7 Å². The topological polar surface area (TPSA) is 160 Å². The molecule has 2 fully saturated rings. The Labute approximate surface area is 284 Å². The number of Topliss-reactive ketones (excluding diaryl/α,β-unsaturated/α-hetero) is 2. The van der Waals surface area contributed by atoms with Gasteiger partial charge >= 0.3 is 23.9 Å². The molecule has 0 saturated heterocycles. The monoisotopic (exact) mass is 674 g/mol. The quantitative estimate of drug-likeness (QED) is 0.259. The Morgan fingerprint density at radius 2 is 1.27 bits per heavy atom. The van der Waals surface area contributed by atoms with Crippen molar-refractivity contribution in [1.82, 2.24) is 0 Å². The first-order valence-electron chi connectivity index (χ1n) is 16.3. The van der Waals surface area contributed by atoms with Crippen molar-refractivity contribution in [3.05, 3.63) is 83.4 Å². The van der Waals surface area contributed by atoms with E-state index < -0.39 is 88.1 Å². The summed E-state index contributed by atoms with van der Waals surface area (Å²) in [5.41, 5.74) is -4.42. The number of allylic oxidation sites excluding steroid dienone is 2. The number of esters is 4. The second kappa shape index (κ2) is 13.3. The van der Waals surface area contributed by atoms with Gasteiger partial charge in [-0.15, -0.1) is 0 Å². The van der Waals surface area contributed by atoms with E-state index in [2.05, 4.69) is 0 Å². The molecule has 2 aromatic carbocycles. The lowest BCUT2D eigenvalue weighted by Crippen LogP contribution is -2.78. The van der Waals surface area contributed by atoms with Crippen molar-refractivity contribution in [1.29, 1.82) is 0 Å². The third-order valence-electron chi connectivity index (χ3n) is 10.5. The summed E-state index contributed by atoms with van der Waals surface area (Å²) in [6, 6.07) is 16.2. The van der Waals surface area contributed by atoms with Crippen LogP contribution in [-0.2, 0) is 38.1 Å². The number of fused-ring (bicyclic) bond motifs is 3. The lowest BCUT2D eigenvalue weighted by molar-refractivity contribution is -0.288. The summed E-state index contributed by atoms with van der Waals surface area (Å²) in [5.74, 6) is -6.86. The second-order valence-corrected chi connectivity index (χ2v) is 14.1. The minimum Gasteiger partial charge on any atom is -0.459 e. The molecule has 0 bridgehead atoms. The van der Waals surface area contributed by atoms with E-state index >= 15 is 0 Å². The van der Waals surface area contributed by atoms with Crippen LogP contribution < -0.4 is 0 Å². The van der Waals surface area contributed by atoms with E-state index in [9.17, 15) is 33.9 Å². The number of hydrogen-bond acceptors (Lipinski definition) is 11. The first-order chi connectivity index (χ1) is 23.0. The van der Waals surface area contributed by atoms with Crippen molar-refractivity contribution in [2.75, 3.05) is 0 Å². The molecule has 0 radical (unpaired) electrons. The van der Waals surface area contributed by atoms with Gasteiger partial charge in [0.2, 0.25) is 0 Å². The molecular formula is C38H42O11. The second-order valence-electron chi connectivity index (χ2n) is 14.1. The molecule has 0 amide bonds. The first-order valence-corrected chi connectivity index (χ1v) is 16.3. The molecule has 11 heteroatoms. The number of ether oxygens (including phenoxy) is 4. The smallest absolute Gasteiger partial charge is 0.338 e. The zero-order chi connectivity index (χ0) is 35.9. The number of aliphatic hydroxyl groups is 1. The van der Waals surface area contributed by atoms with Crippen molar-refractivity contribution in [3.63, 3.8) is 0 Å². The molecule has 11 nitrogen and oxygen atoms in total. The Hall–Kier alpha value is -4.64. The molecule has 49 heavy (non-hydrogen) atoms. The maximum Gasteiger partial charge on any atom is 0.338 e. The van der Waals surface area contributed by atoms with E-state index in [1.807, 2.05) is 0 Å². The maximum atomic E-state index is 14.5. The molecule has 1 N–H and O–H groups in total.